The summed E-state index contributed by atoms with van der Waals surface area (Å²) in [5.74, 6) is -1.27. The van der Waals surface area contributed by atoms with Crippen LogP contribution in [0.1, 0.15) is 17.2 Å². The topological polar surface area (TPSA) is 104 Å². The largest absolute Gasteiger partial charge is 0.362 e. The van der Waals surface area contributed by atoms with Crippen LogP contribution in [0.15, 0.2) is 60.7 Å². The van der Waals surface area contributed by atoms with Crippen molar-refractivity contribution in [3.8, 4) is 0 Å². The molecule has 2 atom stereocenters. The molecule has 0 aliphatic carbocycles. The zero-order valence-corrected chi connectivity index (χ0v) is 13.9. The predicted molar refractivity (Wildman–Crippen MR) is 89.7 cm³/mol. The molecule has 0 radical (unpaired) electrons. The van der Waals surface area contributed by atoms with Gasteiger partial charge in [-0.1, -0.05) is 60.7 Å². The third-order valence-corrected chi connectivity index (χ3v) is 4.87. The van der Waals surface area contributed by atoms with Crippen molar-refractivity contribution in [3.05, 3.63) is 71.8 Å². The zero-order valence-electron chi connectivity index (χ0n) is 13.1. The minimum atomic E-state index is -4.71. The second kappa shape index (κ2) is 6.66. The molecule has 0 spiro atoms. The van der Waals surface area contributed by atoms with E-state index in [0.717, 1.165) is 5.56 Å². The molecule has 0 aromatic heterocycles. The van der Waals surface area contributed by atoms with Gasteiger partial charge in [0.15, 0.2) is 0 Å². The summed E-state index contributed by atoms with van der Waals surface area (Å²) in [6.45, 7) is 0. The van der Waals surface area contributed by atoms with Crippen LogP contribution in [0.5, 0.6) is 0 Å². The molecule has 8 heteroatoms. The number of carbonyl (C=O) groups is 2. The van der Waals surface area contributed by atoms with Gasteiger partial charge < -0.3 is 5.32 Å². The van der Waals surface area contributed by atoms with Gasteiger partial charge in [-0.25, -0.2) is 4.31 Å². The van der Waals surface area contributed by atoms with Crippen molar-refractivity contribution in [2.45, 2.75) is 18.5 Å². The number of amides is 2. The van der Waals surface area contributed by atoms with Crippen LogP contribution >= 0.6 is 0 Å². The van der Waals surface area contributed by atoms with Crippen molar-refractivity contribution in [3.63, 3.8) is 0 Å². The number of β-lactam (4-membered cyclic amide) rings is 1. The Hall–Kier alpha value is -2.71. The first kappa shape index (κ1) is 17.1. The fourth-order valence-electron chi connectivity index (χ4n) is 2.84. The normalized spacial score (nSPS) is 20.0. The van der Waals surface area contributed by atoms with Crippen molar-refractivity contribution in [2.24, 2.45) is 0 Å². The molecule has 3 rings (SSSR count). The number of hydrogen-bond donors (Lipinski definition) is 2. The highest BCUT2D eigenvalue weighted by molar-refractivity contribution is 7.84. The zero-order chi connectivity index (χ0) is 18.0. The number of rotatable bonds is 5. The van der Waals surface area contributed by atoms with E-state index in [4.69, 9.17) is 0 Å². The predicted octanol–water partition coefficient (Wildman–Crippen LogP) is 1.10. The second-order valence-corrected chi connectivity index (χ2v) is 6.96. The van der Waals surface area contributed by atoms with E-state index in [1.807, 2.05) is 6.07 Å². The molecule has 7 nitrogen and oxygen atoms in total. The van der Waals surface area contributed by atoms with Gasteiger partial charge in [0.25, 0.3) is 5.91 Å². The Morgan fingerprint density at radius 2 is 1.60 bits per heavy atom. The quantitative estimate of drug-likeness (QED) is 0.614. The molecule has 1 aliphatic heterocycles. The average molecular weight is 360 g/mol. The Kier molecular flexibility index (Phi) is 4.56. The molecule has 1 saturated heterocycles. The van der Waals surface area contributed by atoms with Gasteiger partial charge in [-0.2, -0.15) is 8.42 Å². The lowest BCUT2D eigenvalue weighted by Gasteiger charge is -2.44. The van der Waals surface area contributed by atoms with Gasteiger partial charge in [0.2, 0.25) is 5.91 Å². The van der Waals surface area contributed by atoms with Gasteiger partial charge in [-0.05, 0) is 11.1 Å². The van der Waals surface area contributed by atoms with Gasteiger partial charge in [0.05, 0.1) is 6.42 Å². The summed E-state index contributed by atoms with van der Waals surface area (Å²) < 4.78 is 32.6. The molecule has 2 amide bonds. The fourth-order valence-corrected chi connectivity index (χ4v) is 3.72. The summed E-state index contributed by atoms with van der Waals surface area (Å²) in [7, 11) is -4.71. The number of nitrogens with one attached hydrogen (secondary N) is 1. The van der Waals surface area contributed by atoms with Gasteiger partial charge in [-0.15, -0.1) is 0 Å². The third kappa shape index (κ3) is 3.54. The molecule has 2 aromatic carbocycles. The maximum Gasteiger partial charge on any atom is 0.362 e. The molecule has 2 aromatic rings. The van der Waals surface area contributed by atoms with Crippen LogP contribution in [-0.2, 0) is 26.3 Å². The van der Waals surface area contributed by atoms with Gasteiger partial charge in [-0.3, -0.25) is 14.1 Å². The van der Waals surface area contributed by atoms with Crippen molar-refractivity contribution in [2.75, 3.05) is 0 Å². The number of nitrogens with zero attached hydrogens (tertiary/aromatic N) is 1. The molecule has 25 heavy (non-hydrogen) atoms. The van der Waals surface area contributed by atoms with E-state index in [1.165, 1.54) is 0 Å². The van der Waals surface area contributed by atoms with Crippen molar-refractivity contribution < 1.29 is 22.6 Å². The molecular weight excluding hydrogens is 344 g/mol. The first-order valence-corrected chi connectivity index (χ1v) is 8.96. The summed E-state index contributed by atoms with van der Waals surface area (Å²) in [5.41, 5.74) is 1.28. The highest BCUT2D eigenvalue weighted by Crippen LogP contribution is 2.36. The fraction of sp³-hybridized carbons (Fsp3) is 0.176. The summed E-state index contributed by atoms with van der Waals surface area (Å²) >= 11 is 0. The smallest absolute Gasteiger partial charge is 0.342 e. The highest BCUT2D eigenvalue weighted by Gasteiger charge is 2.54. The van der Waals surface area contributed by atoms with Crippen molar-refractivity contribution >= 4 is 22.1 Å². The Morgan fingerprint density at radius 1 is 1.04 bits per heavy atom. The maximum atomic E-state index is 12.2. The minimum absolute atomic E-state index is 0.0675. The summed E-state index contributed by atoms with van der Waals surface area (Å²) in [5, 5.41) is 2.56. The number of carbonyl (C=O) groups excluding carboxylic acids is 2. The summed E-state index contributed by atoms with van der Waals surface area (Å²) in [6, 6.07) is 15.3. The Bertz CT molecular complexity index is 884. The van der Waals surface area contributed by atoms with Gasteiger partial charge >= 0.3 is 10.3 Å². The van der Waals surface area contributed by atoms with Crippen LogP contribution < -0.4 is 5.32 Å². The lowest BCUT2D eigenvalue weighted by atomic mass is 9.91. The first-order valence-electron chi connectivity index (χ1n) is 7.57. The molecule has 130 valence electrons. The maximum absolute atomic E-state index is 12.2. The SMILES string of the molecule is O=C(Cc1ccccc1)N[C@@H]1C(=O)N(S(=O)(=O)O)[C@@H]1c1ccccc1. The molecule has 1 heterocycles. The molecule has 1 fully saturated rings. The van der Waals surface area contributed by atoms with Crippen molar-refractivity contribution in [1.82, 2.24) is 9.62 Å². The molecule has 0 saturated carbocycles. The number of benzene rings is 2. The summed E-state index contributed by atoms with van der Waals surface area (Å²) in [4.78, 5) is 24.4. The first-order chi connectivity index (χ1) is 11.9. The Labute approximate surface area is 145 Å². The van der Waals surface area contributed by atoms with Crippen LogP contribution in [-0.4, -0.2) is 35.1 Å². The molecule has 0 bridgehead atoms. The van der Waals surface area contributed by atoms with E-state index >= 15 is 0 Å². The Balaban J connectivity index is 1.80. The van der Waals surface area contributed by atoms with E-state index in [0.29, 0.717) is 9.87 Å². The molecular formula is C17H16N2O5S. The Morgan fingerprint density at radius 3 is 2.16 bits per heavy atom. The minimum Gasteiger partial charge on any atom is -0.342 e. The molecule has 1 aliphatic rings. The number of hydrogen-bond acceptors (Lipinski definition) is 4. The van der Waals surface area contributed by atoms with Crippen LogP contribution in [0.2, 0.25) is 0 Å². The van der Waals surface area contributed by atoms with E-state index in [1.54, 1.807) is 54.6 Å². The van der Waals surface area contributed by atoms with E-state index in [2.05, 4.69) is 5.32 Å². The highest BCUT2D eigenvalue weighted by atomic mass is 32.2. The van der Waals surface area contributed by atoms with Crippen molar-refractivity contribution in [1.29, 1.82) is 0 Å². The van der Waals surface area contributed by atoms with E-state index < -0.39 is 34.2 Å². The van der Waals surface area contributed by atoms with Gasteiger partial charge in [0.1, 0.15) is 12.1 Å². The summed E-state index contributed by atoms with van der Waals surface area (Å²) in [6.07, 6.45) is 0.0675. The third-order valence-electron chi connectivity index (χ3n) is 3.97. The molecule has 2 N–H and O–H groups in total. The van der Waals surface area contributed by atoms with Gasteiger partial charge in [0, 0.05) is 0 Å². The van der Waals surface area contributed by atoms with Crippen LogP contribution in [0.4, 0.5) is 0 Å². The monoisotopic (exact) mass is 360 g/mol. The standard InChI is InChI=1S/C17H16N2O5S/c20-14(11-12-7-3-1-4-8-12)18-15-16(13-9-5-2-6-10-13)19(17(15)21)25(22,23)24/h1-10,15-16H,11H2,(H,18,20)(H,22,23,24)/t15-,16+/m0/s1. The van der Waals surface area contributed by atoms with Crippen LogP contribution in [0.3, 0.4) is 0 Å². The van der Waals surface area contributed by atoms with Crippen LogP contribution in [0.25, 0.3) is 0 Å². The second-order valence-electron chi connectivity index (χ2n) is 5.67. The lowest BCUT2D eigenvalue weighted by Crippen LogP contribution is -2.66. The van der Waals surface area contributed by atoms with Crippen LogP contribution in [0, 0.1) is 0 Å². The average Bonchev–Trinajstić information content (AvgIpc) is 2.57. The van der Waals surface area contributed by atoms with E-state index in [9.17, 15) is 22.6 Å². The molecule has 0 unspecified atom stereocenters. The van der Waals surface area contributed by atoms with E-state index in [-0.39, 0.29) is 6.42 Å². The lowest BCUT2D eigenvalue weighted by molar-refractivity contribution is -0.146.